The summed E-state index contributed by atoms with van der Waals surface area (Å²) in [6, 6.07) is 25.0. The lowest BCUT2D eigenvalue weighted by Gasteiger charge is -2.16. The van der Waals surface area contributed by atoms with Crippen molar-refractivity contribution in [1.29, 1.82) is 0 Å². The molecule has 0 saturated carbocycles. The van der Waals surface area contributed by atoms with E-state index in [1.54, 1.807) is 61.7 Å². The van der Waals surface area contributed by atoms with Crippen LogP contribution >= 0.6 is 0 Å². The molecule has 0 aliphatic carbocycles. The monoisotopic (exact) mass is 609 g/mol. The van der Waals surface area contributed by atoms with E-state index in [0.29, 0.717) is 51.1 Å². The summed E-state index contributed by atoms with van der Waals surface area (Å²) >= 11 is 0. The standard InChI is InChI=1S/C34H31N3O8/c1-42-29-12-20(13-30-33(29)37-34(45-30)36-24-7-3-2-4-8-24)14-31(39)35-25-9-5-6-22(15-25)26(38)16-23(18-32(40)41)21-10-11-27-28(17-21)44-19-43-27/h2-13,15,17,23,34,36-37H,14,16,18-19H2,1H3,(H,35,39)(H,40,41). The van der Waals surface area contributed by atoms with E-state index < -0.39 is 18.2 Å². The van der Waals surface area contributed by atoms with E-state index >= 15 is 0 Å². The molecule has 0 bridgehead atoms. The molecular weight excluding hydrogens is 578 g/mol. The smallest absolute Gasteiger partial charge is 0.303 e. The van der Waals surface area contributed by atoms with E-state index in [1.807, 2.05) is 30.3 Å². The lowest BCUT2D eigenvalue weighted by Crippen LogP contribution is -2.29. The molecule has 2 aliphatic rings. The maximum atomic E-state index is 13.3. The summed E-state index contributed by atoms with van der Waals surface area (Å²) in [4.78, 5) is 38.0. The van der Waals surface area contributed by atoms with Crippen LogP contribution in [0.3, 0.4) is 0 Å². The van der Waals surface area contributed by atoms with E-state index in [2.05, 4.69) is 16.0 Å². The molecule has 2 unspecified atom stereocenters. The van der Waals surface area contributed by atoms with Gasteiger partial charge in [-0.3, -0.25) is 14.4 Å². The van der Waals surface area contributed by atoms with Gasteiger partial charge in [0.1, 0.15) is 11.4 Å². The number of carbonyl (C=O) groups is 3. The van der Waals surface area contributed by atoms with Gasteiger partial charge in [-0.25, -0.2) is 0 Å². The van der Waals surface area contributed by atoms with Gasteiger partial charge in [0.15, 0.2) is 23.0 Å². The van der Waals surface area contributed by atoms with Crippen LogP contribution in [0.5, 0.6) is 23.0 Å². The highest BCUT2D eigenvalue weighted by atomic mass is 16.7. The second kappa shape index (κ2) is 12.9. The number of Topliss-reactive ketones (excluding diaryl/α,β-unsaturated/α-hetero) is 1. The molecule has 230 valence electrons. The van der Waals surface area contributed by atoms with Crippen molar-refractivity contribution in [2.75, 3.05) is 29.9 Å². The number of nitrogens with one attached hydrogen (secondary N) is 3. The van der Waals surface area contributed by atoms with Gasteiger partial charge in [0.2, 0.25) is 19.1 Å². The van der Waals surface area contributed by atoms with Gasteiger partial charge in [0, 0.05) is 29.3 Å². The number of ether oxygens (including phenoxy) is 4. The Morgan fingerprint density at radius 2 is 1.71 bits per heavy atom. The molecule has 0 radical (unpaired) electrons. The fraction of sp³-hybridized carbons (Fsp3) is 0.206. The molecule has 11 nitrogen and oxygen atoms in total. The predicted molar refractivity (Wildman–Crippen MR) is 166 cm³/mol. The van der Waals surface area contributed by atoms with Gasteiger partial charge in [-0.2, -0.15) is 0 Å². The molecular formula is C34H31N3O8. The first kappa shape index (κ1) is 29.4. The average Bonchev–Trinajstić information content (AvgIpc) is 3.67. The molecule has 2 heterocycles. The summed E-state index contributed by atoms with van der Waals surface area (Å²) in [5.41, 5.74) is 3.72. The van der Waals surface area contributed by atoms with Crippen LogP contribution in [0.25, 0.3) is 0 Å². The van der Waals surface area contributed by atoms with Gasteiger partial charge in [0.25, 0.3) is 0 Å². The van der Waals surface area contributed by atoms with Gasteiger partial charge in [0.05, 0.1) is 20.0 Å². The minimum atomic E-state index is -1.01. The Hall–Kier alpha value is -5.71. The molecule has 0 spiro atoms. The number of rotatable bonds is 12. The van der Waals surface area contributed by atoms with Crippen molar-refractivity contribution in [1.82, 2.24) is 0 Å². The Morgan fingerprint density at radius 1 is 0.911 bits per heavy atom. The van der Waals surface area contributed by atoms with Crippen molar-refractivity contribution in [3.63, 3.8) is 0 Å². The first-order valence-corrected chi connectivity index (χ1v) is 14.3. The minimum absolute atomic E-state index is 0.0345. The predicted octanol–water partition coefficient (Wildman–Crippen LogP) is 5.64. The van der Waals surface area contributed by atoms with Gasteiger partial charge in [-0.15, -0.1) is 0 Å². The van der Waals surface area contributed by atoms with E-state index in [-0.39, 0.29) is 37.7 Å². The van der Waals surface area contributed by atoms with Gasteiger partial charge >= 0.3 is 5.97 Å². The van der Waals surface area contributed by atoms with Crippen molar-refractivity contribution in [2.45, 2.75) is 31.5 Å². The molecule has 0 saturated heterocycles. The number of anilines is 3. The number of carboxylic acid groups (broad SMARTS) is 1. The number of methoxy groups -OCH3 is 1. The Balaban J connectivity index is 1.10. The molecule has 4 aromatic carbocycles. The van der Waals surface area contributed by atoms with Crippen LogP contribution in [0, 0.1) is 0 Å². The minimum Gasteiger partial charge on any atom is -0.494 e. The summed E-state index contributed by atoms with van der Waals surface area (Å²) in [7, 11) is 1.55. The highest BCUT2D eigenvalue weighted by Crippen LogP contribution is 2.41. The SMILES string of the molecule is COc1cc(CC(=O)Nc2cccc(C(=O)CC(CC(=O)O)c3ccc4c(c3)OCO4)c2)cc2c1NC(Nc1ccccc1)O2. The normalized spacial score (nSPS) is 14.8. The topological polar surface area (TPSA) is 144 Å². The molecule has 4 N–H and O–H groups in total. The Kier molecular flexibility index (Phi) is 8.41. The van der Waals surface area contributed by atoms with Crippen LogP contribution in [-0.2, 0) is 16.0 Å². The zero-order valence-electron chi connectivity index (χ0n) is 24.4. The van der Waals surface area contributed by atoms with Crippen LogP contribution in [0.1, 0.15) is 40.2 Å². The van der Waals surface area contributed by atoms with Crippen molar-refractivity contribution >= 4 is 34.7 Å². The number of hydrogen-bond donors (Lipinski definition) is 4. The number of carboxylic acids is 1. The number of amides is 1. The third-order valence-corrected chi connectivity index (χ3v) is 7.49. The lowest BCUT2D eigenvalue weighted by atomic mass is 9.88. The van der Waals surface area contributed by atoms with Crippen LogP contribution < -0.4 is 34.9 Å². The molecule has 2 aliphatic heterocycles. The maximum Gasteiger partial charge on any atom is 0.303 e. The van der Waals surface area contributed by atoms with Crippen LogP contribution in [0.15, 0.2) is 84.9 Å². The summed E-state index contributed by atoms with van der Waals surface area (Å²) in [5, 5.41) is 18.9. The largest absolute Gasteiger partial charge is 0.494 e. The quantitative estimate of drug-likeness (QED) is 0.149. The fourth-order valence-electron chi connectivity index (χ4n) is 5.37. The van der Waals surface area contributed by atoms with E-state index in [1.165, 1.54) is 0 Å². The summed E-state index contributed by atoms with van der Waals surface area (Å²) in [6.07, 6.45) is -0.742. The van der Waals surface area contributed by atoms with Crippen LogP contribution in [0.4, 0.5) is 17.1 Å². The first-order valence-electron chi connectivity index (χ1n) is 14.3. The third kappa shape index (κ3) is 6.93. The van der Waals surface area contributed by atoms with E-state index in [9.17, 15) is 19.5 Å². The van der Waals surface area contributed by atoms with Crippen LogP contribution in [-0.4, -0.2) is 43.0 Å². The zero-order chi connectivity index (χ0) is 31.3. The second-order valence-corrected chi connectivity index (χ2v) is 10.7. The second-order valence-electron chi connectivity index (χ2n) is 10.7. The number of fused-ring (bicyclic) bond motifs is 2. The molecule has 0 fully saturated rings. The molecule has 45 heavy (non-hydrogen) atoms. The summed E-state index contributed by atoms with van der Waals surface area (Å²) in [5.74, 6) is 0.0602. The number of aliphatic carboxylic acids is 1. The Bertz CT molecular complexity index is 1740. The molecule has 0 aromatic heterocycles. The van der Waals surface area contributed by atoms with Crippen molar-refractivity contribution in [2.24, 2.45) is 0 Å². The Labute approximate surface area is 259 Å². The summed E-state index contributed by atoms with van der Waals surface area (Å²) < 4.78 is 22.4. The highest BCUT2D eigenvalue weighted by molar-refractivity contribution is 5.99. The van der Waals surface area contributed by atoms with Crippen LogP contribution in [0.2, 0.25) is 0 Å². The zero-order valence-corrected chi connectivity index (χ0v) is 24.4. The average molecular weight is 610 g/mol. The van der Waals surface area contributed by atoms with E-state index in [4.69, 9.17) is 18.9 Å². The lowest BCUT2D eigenvalue weighted by molar-refractivity contribution is -0.137. The van der Waals surface area contributed by atoms with Gasteiger partial charge in [-0.05, 0) is 59.7 Å². The fourth-order valence-corrected chi connectivity index (χ4v) is 5.37. The van der Waals surface area contributed by atoms with Crippen molar-refractivity contribution in [3.05, 3.63) is 102 Å². The maximum absolute atomic E-state index is 13.3. The molecule has 4 aromatic rings. The molecule has 1 amide bonds. The van der Waals surface area contributed by atoms with Gasteiger partial charge < -0.3 is 40.0 Å². The molecule has 11 heteroatoms. The number of benzene rings is 4. The highest BCUT2D eigenvalue weighted by Gasteiger charge is 2.27. The molecule has 6 rings (SSSR count). The number of para-hydroxylation sites is 1. The van der Waals surface area contributed by atoms with Crippen molar-refractivity contribution < 1.29 is 38.4 Å². The Morgan fingerprint density at radius 3 is 2.51 bits per heavy atom. The summed E-state index contributed by atoms with van der Waals surface area (Å²) in [6.45, 7) is 0.0948. The third-order valence-electron chi connectivity index (χ3n) is 7.49. The molecule has 2 atom stereocenters. The van der Waals surface area contributed by atoms with E-state index in [0.717, 1.165) is 5.69 Å². The first-order chi connectivity index (χ1) is 21.8. The van der Waals surface area contributed by atoms with Gasteiger partial charge in [-0.1, -0.05) is 36.4 Å². The number of ketones is 1. The number of carbonyl (C=O) groups excluding carboxylic acids is 2. The van der Waals surface area contributed by atoms with Crippen molar-refractivity contribution in [3.8, 4) is 23.0 Å². The number of hydrogen-bond acceptors (Lipinski definition) is 9.